The molecular formula is C29H29N5O3. The van der Waals surface area contributed by atoms with E-state index in [1.165, 1.54) is 11.9 Å². The van der Waals surface area contributed by atoms with Crippen LogP contribution in [0.5, 0.6) is 5.75 Å². The summed E-state index contributed by atoms with van der Waals surface area (Å²) in [6.07, 6.45) is 5.84. The Labute approximate surface area is 215 Å². The summed E-state index contributed by atoms with van der Waals surface area (Å²) in [6.45, 7) is 4.49. The molecule has 1 saturated heterocycles. The minimum absolute atomic E-state index is 0.198. The number of rotatable bonds is 7. The van der Waals surface area contributed by atoms with Crippen LogP contribution in [0, 0.1) is 11.8 Å². The molecule has 1 atom stereocenters. The zero-order valence-corrected chi connectivity index (χ0v) is 20.5. The fourth-order valence-electron chi connectivity index (χ4n) is 4.50. The molecule has 8 nitrogen and oxygen atoms in total. The first-order chi connectivity index (χ1) is 18.1. The molecule has 1 unspecified atom stereocenters. The Morgan fingerprint density at radius 1 is 0.919 bits per heavy atom. The maximum atomic E-state index is 12.0. The smallest absolute Gasteiger partial charge is 0.293 e. The zero-order chi connectivity index (χ0) is 25.5. The number of aromatic amines is 2. The van der Waals surface area contributed by atoms with Gasteiger partial charge in [-0.3, -0.25) is 9.69 Å². The van der Waals surface area contributed by atoms with Gasteiger partial charge >= 0.3 is 0 Å². The molecule has 2 aromatic carbocycles. The van der Waals surface area contributed by atoms with Crippen LogP contribution in [-0.2, 0) is 24.1 Å². The number of aromatic hydroxyl groups is 1. The Balaban J connectivity index is 1.25. The second-order valence-electron chi connectivity index (χ2n) is 9.18. The van der Waals surface area contributed by atoms with Gasteiger partial charge in [-0.1, -0.05) is 36.1 Å². The highest BCUT2D eigenvalue weighted by Gasteiger charge is 2.21. The van der Waals surface area contributed by atoms with Gasteiger partial charge in [0.05, 0.1) is 31.6 Å². The van der Waals surface area contributed by atoms with Crippen LogP contribution >= 0.6 is 0 Å². The number of aromatic nitrogens is 4. The first kappa shape index (κ1) is 24.5. The van der Waals surface area contributed by atoms with Crippen LogP contribution in [0.2, 0.25) is 0 Å². The maximum Gasteiger partial charge on any atom is 0.293 e. The van der Waals surface area contributed by atoms with E-state index >= 15 is 0 Å². The summed E-state index contributed by atoms with van der Waals surface area (Å²) in [7, 11) is 0. The molecule has 3 heterocycles. The molecule has 4 aromatic rings. The van der Waals surface area contributed by atoms with E-state index in [0.29, 0.717) is 18.5 Å². The number of nitrogens with one attached hydrogen (secondary N) is 2. The van der Waals surface area contributed by atoms with Gasteiger partial charge in [-0.15, -0.1) is 0 Å². The standard InChI is InChI=1S/C29H29N5O3/c35-28-27(32-20-33-29(28)36)25(16-26-17-30-19-31-26)15-23-7-3-21(4-8-23)1-2-22-5-9-24(10-6-22)18-34-11-13-37-14-12-34/h3-10,17,19-20,25,35H,11-16,18H2,(H,30,31)(H,32,33,36). The van der Waals surface area contributed by atoms with Gasteiger partial charge in [0.2, 0.25) is 5.75 Å². The van der Waals surface area contributed by atoms with Gasteiger partial charge in [-0.05, 0) is 48.2 Å². The van der Waals surface area contributed by atoms with Crippen molar-refractivity contribution in [1.82, 2.24) is 24.8 Å². The van der Waals surface area contributed by atoms with Crippen molar-refractivity contribution < 1.29 is 9.84 Å². The van der Waals surface area contributed by atoms with Crippen molar-refractivity contribution in [2.45, 2.75) is 25.3 Å². The van der Waals surface area contributed by atoms with E-state index in [2.05, 4.69) is 60.9 Å². The Morgan fingerprint density at radius 3 is 2.24 bits per heavy atom. The molecule has 3 N–H and O–H groups in total. The van der Waals surface area contributed by atoms with Crippen molar-refractivity contribution in [2.75, 3.05) is 26.3 Å². The highest BCUT2D eigenvalue weighted by molar-refractivity contribution is 5.44. The van der Waals surface area contributed by atoms with Gasteiger partial charge in [0.15, 0.2) is 0 Å². The van der Waals surface area contributed by atoms with E-state index in [1.807, 2.05) is 24.3 Å². The number of nitrogens with zero attached hydrogens (tertiary/aromatic N) is 3. The van der Waals surface area contributed by atoms with Crippen LogP contribution in [0.3, 0.4) is 0 Å². The monoisotopic (exact) mass is 495 g/mol. The summed E-state index contributed by atoms with van der Waals surface area (Å²) in [5.74, 6) is 5.94. The van der Waals surface area contributed by atoms with Gasteiger partial charge in [-0.25, -0.2) is 9.97 Å². The molecule has 0 bridgehead atoms. The number of benzene rings is 2. The van der Waals surface area contributed by atoms with Crippen molar-refractivity contribution in [3.8, 4) is 17.6 Å². The average molecular weight is 496 g/mol. The topological polar surface area (TPSA) is 107 Å². The number of hydrogen-bond acceptors (Lipinski definition) is 6. The first-order valence-electron chi connectivity index (χ1n) is 12.4. The molecule has 2 aromatic heterocycles. The van der Waals surface area contributed by atoms with Crippen molar-refractivity contribution in [2.24, 2.45) is 0 Å². The Kier molecular flexibility index (Phi) is 7.75. The molecule has 37 heavy (non-hydrogen) atoms. The molecule has 0 radical (unpaired) electrons. The quantitative estimate of drug-likeness (QED) is 0.340. The second-order valence-corrected chi connectivity index (χ2v) is 9.18. The fraction of sp³-hybridized carbons (Fsp3) is 0.276. The van der Waals surface area contributed by atoms with Gasteiger partial charge in [0.25, 0.3) is 5.56 Å². The molecule has 0 spiro atoms. The number of morpholine rings is 1. The number of H-pyrrole nitrogens is 2. The van der Waals surface area contributed by atoms with Crippen LogP contribution < -0.4 is 5.56 Å². The molecule has 1 aliphatic rings. The van der Waals surface area contributed by atoms with Crippen molar-refractivity contribution in [1.29, 1.82) is 0 Å². The SMILES string of the molecule is O=c1[nH]cnc(C(Cc2ccc(C#Cc3ccc(CN4CCOCC4)cc3)cc2)Cc2cnc[nH]2)c1O. The molecule has 0 aliphatic carbocycles. The summed E-state index contributed by atoms with van der Waals surface area (Å²) in [4.78, 5) is 28.2. The van der Waals surface area contributed by atoms with E-state index in [4.69, 9.17) is 4.74 Å². The van der Waals surface area contributed by atoms with Gasteiger partial charge in [-0.2, -0.15) is 0 Å². The van der Waals surface area contributed by atoms with Crippen molar-refractivity contribution in [3.05, 3.63) is 111 Å². The lowest BCUT2D eigenvalue weighted by atomic mass is 9.91. The van der Waals surface area contributed by atoms with Gasteiger partial charge in [0.1, 0.15) is 0 Å². The largest absolute Gasteiger partial charge is 0.502 e. The van der Waals surface area contributed by atoms with Gasteiger partial charge in [0, 0.05) is 48.6 Å². The predicted molar refractivity (Wildman–Crippen MR) is 140 cm³/mol. The van der Waals surface area contributed by atoms with Crippen molar-refractivity contribution >= 4 is 0 Å². The molecule has 188 valence electrons. The highest BCUT2D eigenvalue weighted by atomic mass is 16.5. The third-order valence-corrected chi connectivity index (χ3v) is 6.52. The van der Waals surface area contributed by atoms with Crippen LogP contribution in [0.4, 0.5) is 0 Å². The highest BCUT2D eigenvalue weighted by Crippen LogP contribution is 2.27. The average Bonchev–Trinajstić information content (AvgIpc) is 3.44. The van der Waals surface area contributed by atoms with E-state index in [1.54, 1.807) is 12.5 Å². The number of hydrogen-bond donors (Lipinski definition) is 3. The van der Waals surface area contributed by atoms with Crippen LogP contribution in [-0.4, -0.2) is 56.2 Å². The first-order valence-corrected chi connectivity index (χ1v) is 12.4. The van der Waals surface area contributed by atoms with E-state index in [0.717, 1.165) is 55.2 Å². The van der Waals surface area contributed by atoms with E-state index in [9.17, 15) is 9.90 Å². The van der Waals surface area contributed by atoms with Crippen LogP contribution in [0.15, 0.2) is 72.2 Å². The summed E-state index contributed by atoms with van der Waals surface area (Å²) in [5, 5.41) is 10.3. The van der Waals surface area contributed by atoms with E-state index < -0.39 is 5.56 Å². The summed E-state index contributed by atoms with van der Waals surface area (Å²) >= 11 is 0. The molecule has 5 rings (SSSR count). The normalized spacial score (nSPS) is 14.6. The Hall–Kier alpha value is -4.19. The van der Waals surface area contributed by atoms with E-state index in [-0.39, 0.29) is 11.7 Å². The fourth-order valence-corrected chi connectivity index (χ4v) is 4.50. The maximum absolute atomic E-state index is 12.0. The van der Waals surface area contributed by atoms with Crippen molar-refractivity contribution in [3.63, 3.8) is 0 Å². The number of imidazole rings is 1. The summed E-state index contributed by atoms with van der Waals surface area (Å²) < 4.78 is 5.42. The third kappa shape index (κ3) is 6.53. The molecule has 8 heteroatoms. The molecule has 0 amide bonds. The second kappa shape index (κ2) is 11.7. The lowest BCUT2D eigenvalue weighted by Crippen LogP contribution is -2.35. The summed E-state index contributed by atoms with van der Waals surface area (Å²) in [6, 6.07) is 16.5. The minimum Gasteiger partial charge on any atom is -0.502 e. The summed E-state index contributed by atoms with van der Waals surface area (Å²) in [5.41, 5.74) is 4.98. The lowest BCUT2D eigenvalue weighted by molar-refractivity contribution is 0.0342. The minimum atomic E-state index is -0.542. The third-order valence-electron chi connectivity index (χ3n) is 6.52. The predicted octanol–water partition coefficient (Wildman–Crippen LogP) is 3.00. The lowest BCUT2D eigenvalue weighted by Gasteiger charge is -2.26. The van der Waals surface area contributed by atoms with Gasteiger partial charge < -0.3 is 19.8 Å². The molecule has 1 aliphatic heterocycles. The number of ether oxygens (including phenoxy) is 1. The van der Waals surface area contributed by atoms with Crippen LogP contribution in [0.1, 0.15) is 39.6 Å². The Bertz CT molecular complexity index is 1410. The molecule has 1 fully saturated rings. The molecule has 0 saturated carbocycles. The van der Waals surface area contributed by atoms with Crippen LogP contribution in [0.25, 0.3) is 0 Å². The molecular weight excluding hydrogens is 466 g/mol. The zero-order valence-electron chi connectivity index (χ0n) is 20.5. The Morgan fingerprint density at radius 2 is 1.59 bits per heavy atom.